The lowest BCUT2D eigenvalue weighted by Crippen LogP contribution is -2.19. The van der Waals surface area contributed by atoms with Gasteiger partial charge in [0.15, 0.2) is 0 Å². The maximum absolute atomic E-state index is 3.65. The number of nitrogens with zero attached hydrogens (tertiary/aromatic N) is 1. The SMILES string of the molecule is CCN(C)c1ccc(CNCC(C)C)c(Br)c1. The van der Waals surface area contributed by atoms with Crippen LogP contribution >= 0.6 is 15.9 Å². The van der Waals surface area contributed by atoms with Gasteiger partial charge in [-0.1, -0.05) is 35.8 Å². The molecular weight excluding hydrogens is 276 g/mol. The van der Waals surface area contributed by atoms with Crippen molar-refractivity contribution in [2.45, 2.75) is 27.3 Å². The minimum Gasteiger partial charge on any atom is -0.375 e. The fraction of sp³-hybridized carbons (Fsp3) is 0.571. The van der Waals surface area contributed by atoms with Crippen LogP contribution in [0.4, 0.5) is 5.69 Å². The normalized spacial score (nSPS) is 10.9. The zero-order valence-electron chi connectivity index (χ0n) is 11.3. The summed E-state index contributed by atoms with van der Waals surface area (Å²) in [6, 6.07) is 6.56. The van der Waals surface area contributed by atoms with Gasteiger partial charge in [-0.2, -0.15) is 0 Å². The molecule has 0 aliphatic carbocycles. The van der Waals surface area contributed by atoms with Crippen molar-refractivity contribution in [1.29, 1.82) is 0 Å². The highest BCUT2D eigenvalue weighted by molar-refractivity contribution is 9.10. The lowest BCUT2D eigenvalue weighted by atomic mass is 10.1. The summed E-state index contributed by atoms with van der Waals surface area (Å²) in [5.74, 6) is 0.694. The summed E-state index contributed by atoms with van der Waals surface area (Å²) in [5.41, 5.74) is 2.57. The van der Waals surface area contributed by atoms with Gasteiger partial charge in [0.05, 0.1) is 0 Å². The molecule has 1 rings (SSSR count). The minimum atomic E-state index is 0.694. The van der Waals surface area contributed by atoms with Crippen LogP contribution in [0.5, 0.6) is 0 Å². The average molecular weight is 299 g/mol. The number of halogens is 1. The van der Waals surface area contributed by atoms with E-state index in [1.807, 2.05) is 0 Å². The van der Waals surface area contributed by atoms with Crippen LogP contribution in [0.1, 0.15) is 26.3 Å². The van der Waals surface area contributed by atoms with E-state index in [4.69, 9.17) is 0 Å². The Morgan fingerprint density at radius 1 is 1.35 bits per heavy atom. The molecule has 3 heteroatoms. The molecule has 0 aliphatic rings. The first-order chi connectivity index (χ1) is 8.04. The molecule has 1 N–H and O–H groups in total. The number of nitrogens with one attached hydrogen (secondary N) is 1. The Morgan fingerprint density at radius 2 is 2.06 bits per heavy atom. The second kappa shape index (κ2) is 7.02. The molecule has 0 amide bonds. The van der Waals surface area contributed by atoms with Crippen molar-refractivity contribution < 1.29 is 0 Å². The van der Waals surface area contributed by atoms with Crippen molar-refractivity contribution in [2.24, 2.45) is 5.92 Å². The maximum atomic E-state index is 3.65. The van der Waals surface area contributed by atoms with E-state index in [9.17, 15) is 0 Å². The minimum absolute atomic E-state index is 0.694. The summed E-state index contributed by atoms with van der Waals surface area (Å²) in [5, 5.41) is 3.46. The highest BCUT2D eigenvalue weighted by atomic mass is 79.9. The van der Waals surface area contributed by atoms with Crippen LogP contribution in [0.3, 0.4) is 0 Å². The molecule has 0 heterocycles. The largest absolute Gasteiger partial charge is 0.375 e. The molecule has 0 aromatic heterocycles. The Kier molecular flexibility index (Phi) is 6.00. The molecule has 1 aromatic rings. The number of benzene rings is 1. The van der Waals surface area contributed by atoms with E-state index in [1.54, 1.807) is 0 Å². The van der Waals surface area contributed by atoms with Crippen LogP contribution in [0.2, 0.25) is 0 Å². The first kappa shape index (κ1) is 14.5. The lowest BCUT2D eigenvalue weighted by Gasteiger charge is -2.18. The molecule has 0 unspecified atom stereocenters. The summed E-state index contributed by atoms with van der Waals surface area (Å²) in [4.78, 5) is 2.23. The number of hydrogen-bond donors (Lipinski definition) is 1. The van der Waals surface area contributed by atoms with Gasteiger partial charge in [0.1, 0.15) is 0 Å². The molecule has 1 aromatic carbocycles. The van der Waals surface area contributed by atoms with Crippen LogP contribution in [0, 0.1) is 5.92 Å². The molecule has 17 heavy (non-hydrogen) atoms. The maximum Gasteiger partial charge on any atom is 0.0375 e. The van der Waals surface area contributed by atoms with Gasteiger partial charge < -0.3 is 10.2 Å². The molecule has 0 bridgehead atoms. The van der Waals surface area contributed by atoms with Crippen molar-refractivity contribution in [3.8, 4) is 0 Å². The van der Waals surface area contributed by atoms with Gasteiger partial charge >= 0.3 is 0 Å². The summed E-state index contributed by atoms with van der Waals surface area (Å²) in [7, 11) is 2.11. The van der Waals surface area contributed by atoms with Crippen LogP contribution in [-0.4, -0.2) is 20.1 Å². The number of rotatable bonds is 6. The first-order valence-electron chi connectivity index (χ1n) is 6.24. The third-order valence-corrected chi connectivity index (χ3v) is 3.56. The molecule has 2 nitrogen and oxygen atoms in total. The number of hydrogen-bond acceptors (Lipinski definition) is 2. The van der Waals surface area contributed by atoms with Crippen molar-refractivity contribution in [1.82, 2.24) is 5.32 Å². The highest BCUT2D eigenvalue weighted by Crippen LogP contribution is 2.23. The van der Waals surface area contributed by atoms with Crippen molar-refractivity contribution in [3.63, 3.8) is 0 Å². The van der Waals surface area contributed by atoms with E-state index in [0.717, 1.165) is 19.6 Å². The van der Waals surface area contributed by atoms with Crippen LogP contribution in [0.15, 0.2) is 22.7 Å². The number of anilines is 1. The summed E-state index contributed by atoms with van der Waals surface area (Å²) in [6.07, 6.45) is 0. The molecule has 0 aliphatic heterocycles. The Morgan fingerprint density at radius 3 is 2.59 bits per heavy atom. The standard InChI is InChI=1S/C14H23BrN2/c1-5-17(4)13-7-6-12(14(15)8-13)10-16-9-11(2)3/h6-8,11,16H,5,9-10H2,1-4H3. The Balaban J connectivity index is 2.63. The van der Waals surface area contributed by atoms with Gasteiger partial charge in [-0.15, -0.1) is 0 Å². The molecule has 0 atom stereocenters. The Bertz CT molecular complexity index is 350. The zero-order valence-corrected chi connectivity index (χ0v) is 12.8. The topological polar surface area (TPSA) is 15.3 Å². The molecular formula is C14H23BrN2. The average Bonchev–Trinajstić information content (AvgIpc) is 2.29. The molecule has 0 saturated carbocycles. The van der Waals surface area contributed by atoms with E-state index in [-0.39, 0.29) is 0 Å². The molecule has 0 radical (unpaired) electrons. The second-order valence-corrected chi connectivity index (χ2v) is 5.67. The van der Waals surface area contributed by atoms with Gasteiger partial charge in [0.2, 0.25) is 0 Å². The molecule has 0 saturated heterocycles. The van der Waals surface area contributed by atoms with Gasteiger partial charge in [-0.3, -0.25) is 0 Å². The smallest absolute Gasteiger partial charge is 0.0375 e. The highest BCUT2D eigenvalue weighted by Gasteiger charge is 2.04. The van der Waals surface area contributed by atoms with Crippen LogP contribution in [-0.2, 0) is 6.54 Å². The quantitative estimate of drug-likeness (QED) is 0.862. The third kappa shape index (κ3) is 4.68. The first-order valence-corrected chi connectivity index (χ1v) is 7.04. The van der Waals surface area contributed by atoms with E-state index >= 15 is 0 Å². The lowest BCUT2D eigenvalue weighted by molar-refractivity contribution is 0.552. The summed E-state index contributed by atoms with van der Waals surface area (Å²) >= 11 is 3.65. The van der Waals surface area contributed by atoms with Crippen LogP contribution < -0.4 is 10.2 Å². The summed E-state index contributed by atoms with van der Waals surface area (Å²) in [6.45, 7) is 9.62. The second-order valence-electron chi connectivity index (χ2n) is 4.81. The van der Waals surface area contributed by atoms with Crippen molar-refractivity contribution in [2.75, 3.05) is 25.0 Å². The van der Waals surface area contributed by atoms with Crippen LogP contribution in [0.25, 0.3) is 0 Å². The zero-order chi connectivity index (χ0) is 12.8. The van der Waals surface area contributed by atoms with Gasteiger partial charge in [0.25, 0.3) is 0 Å². The van der Waals surface area contributed by atoms with Gasteiger partial charge in [-0.05, 0) is 37.1 Å². The van der Waals surface area contributed by atoms with Crippen molar-refractivity contribution in [3.05, 3.63) is 28.2 Å². The van der Waals surface area contributed by atoms with E-state index in [1.165, 1.54) is 15.7 Å². The molecule has 0 spiro atoms. The Labute approximate surface area is 114 Å². The molecule has 0 fully saturated rings. The predicted octanol–water partition coefficient (Wildman–Crippen LogP) is 3.65. The van der Waals surface area contributed by atoms with E-state index in [2.05, 4.69) is 72.2 Å². The fourth-order valence-electron chi connectivity index (χ4n) is 1.60. The summed E-state index contributed by atoms with van der Waals surface area (Å²) < 4.78 is 1.19. The Hall–Kier alpha value is -0.540. The van der Waals surface area contributed by atoms with Crippen molar-refractivity contribution >= 4 is 21.6 Å². The third-order valence-electron chi connectivity index (χ3n) is 2.82. The van der Waals surface area contributed by atoms with Gasteiger partial charge in [-0.25, -0.2) is 0 Å². The fourth-order valence-corrected chi connectivity index (χ4v) is 2.10. The monoisotopic (exact) mass is 298 g/mol. The van der Waals surface area contributed by atoms with Gasteiger partial charge in [0, 0.05) is 30.3 Å². The van der Waals surface area contributed by atoms with E-state index < -0.39 is 0 Å². The molecule has 96 valence electrons. The predicted molar refractivity (Wildman–Crippen MR) is 79.6 cm³/mol. The van der Waals surface area contributed by atoms with E-state index in [0.29, 0.717) is 5.92 Å².